The lowest BCUT2D eigenvalue weighted by Crippen LogP contribution is -2.83. The first kappa shape index (κ1) is 56.4. The summed E-state index contributed by atoms with van der Waals surface area (Å²) >= 11 is 0. The number of carbonyl (C=O) groups excluding carboxylic acids is 5. The number of rotatable bonds is 14. The number of methoxy groups -OCH3 is 2. The molecule has 4 aromatic carbocycles. The zero-order valence-electron chi connectivity index (χ0n) is 46.8. The molecule has 5 fully saturated rings. The molecule has 80 heavy (non-hydrogen) atoms. The fourth-order valence-corrected chi connectivity index (χ4v) is 13.7. The molecule has 1 N–H and O–H groups in total. The van der Waals surface area contributed by atoms with Crippen LogP contribution in [0.3, 0.4) is 0 Å². The molecule has 10 rings (SSSR count). The van der Waals surface area contributed by atoms with Gasteiger partial charge in [0.05, 0.1) is 44.5 Å². The third-order valence-electron chi connectivity index (χ3n) is 17.6. The van der Waals surface area contributed by atoms with Gasteiger partial charge in [0.2, 0.25) is 0 Å². The number of ether oxygens (including phenoxy) is 11. The van der Waals surface area contributed by atoms with E-state index in [9.17, 15) is 24.3 Å². The maximum atomic E-state index is 15.5. The van der Waals surface area contributed by atoms with Crippen LogP contribution in [0, 0.1) is 22.7 Å². The zero-order valence-corrected chi connectivity index (χ0v) is 46.8. The molecule has 4 aromatic rings. The Morgan fingerprint density at radius 2 is 1.38 bits per heavy atom. The quantitative estimate of drug-likeness (QED) is 0.0709. The first-order valence-corrected chi connectivity index (χ1v) is 27.3. The minimum atomic E-state index is -2.26. The fraction of sp³-hybridized carbons (Fsp3) is 0.500. The molecule has 6 aliphatic rings. The van der Waals surface area contributed by atoms with E-state index in [-0.39, 0.29) is 37.5 Å². The summed E-state index contributed by atoms with van der Waals surface area (Å²) in [6.07, 6.45) is -11.5. The Bertz CT molecular complexity index is 2980. The van der Waals surface area contributed by atoms with Crippen LogP contribution in [0.5, 0.6) is 11.5 Å². The van der Waals surface area contributed by atoms with Crippen LogP contribution < -0.4 is 9.47 Å². The minimum Gasteiger partial charge on any atom is -0.497 e. The fourth-order valence-electron chi connectivity index (χ4n) is 13.7. The number of hydrogen-bond acceptors (Lipinski definition) is 17. The summed E-state index contributed by atoms with van der Waals surface area (Å²) < 4.78 is 70.9. The lowest BCUT2D eigenvalue weighted by Gasteiger charge is -2.71. The Labute approximate surface area is 465 Å². The van der Waals surface area contributed by atoms with E-state index in [4.69, 9.17) is 52.1 Å². The molecule has 426 valence electrons. The van der Waals surface area contributed by atoms with E-state index >= 15 is 4.79 Å². The van der Waals surface area contributed by atoms with E-state index in [2.05, 4.69) is 0 Å². The summed E-state index contributed by atoms with van der Waals surface area (Å²) in [5.74, 6) is -3.17. The predicted molar refractivity (Wildman–Crippen MR) is 285 cm³/mol. The Morgan fingerprint density at radius 3 is 1.95 bits per heavy atom. The van der Waals surface area contributed by atoms with Gasteiger partial charge in [-0.15, -0.1) is 0 Å². The highest BCUT2D eigenvalue weighted by atomic mass is 16.7. The summed E-state index contributed by atoms with van der Waals surface area (Å²) in [5, 5.41) is 14.4. The van der Waals surface area contributed by atoms with Crippen LogP contribution in [0.1, 0.15) is 114 Å². The van der Waals surface area contributed by atoms with Crippen molar-refractivity contribution in [3.8, 4) is 11.5 Å². The van der Waals surface area contributed by atoms with Crippen molar-refractivity contribution in [3.05, 3.63) is 143 Å². The van der Waals surface area contributed by atoms with E-state index in [1.165, 1.54) is 25.9 Å². The summed E-state index contributed by atoms with van der Waals surface area (Å²) in [5.41, 5.74) is -4.01. The Balaban J connectivity index is 1.13. The third kappa shape index (κ3) is 9.79. The molecular weight excluding hydrogens is 1030 g/mol. The smallest absolute Gasteiger partial charge is 0.412 e. The van der Waals surface area contributed by atoms with Crippen LogP contribution in [0.2, 0.25) is 0 Å². The van der Waals surface area contributed by atoms with Gasteiger partial charge in [0.1, 0.15) is 48.1 Å². The highest BCUT2D eigenvalue weighted by molar-refractivity contribution is 5.89. The van der Waals surface area contributed by atoms with Crippen molar-refractivity contribution in [3.63, 3.8) is 0 Å². The summed E-state index contributed by atoms with van der Waals surface area (Å²) in [6.45, 7) is 13.4. The van der Waals surface area contributed by atoms with E-state index in [1.54, 1.807) is 107 Å². The van der Waals surface area contributed by atoms with Gasteiger partial charge in [0.25, 0.3) is 0 Å². The average Bonchev–Trinajstić information content (AvgIpc) is 2.65. The van der Waals surface area contributed by atoms with Crippen LogP contribution in [-0.4, -0.2) is 121 Å². The number of fused-ring (bicyclic) bond motifs is 4. The van der Waals surface area contributed by atoms with Gasteiger partial charge >= 0.3 is 30.0 Å². The molecule has 2 bridgehead atoms. The van der Waals surface area contributed by atoms with Crippen LogP contribution in [-0.2, 0) is 63.6 Å². The topological polar surface area (TPSA) is 210 Å². The van der Waals surface area contributed by atoms with Gasteiger partial charge in [0, 0.05) is 48.6 Å². The van der Waals surface area contributed by atoms with Crippen molar-refractivity contribution in [2.75, 3.05) is 20.8 Å². The number of amides is 1. The van der Waals surface area contributed by atoms with Gasteiger partial charge in [0.15, 0.2) is 30.3 Å². The number of nitrogens with zero attached hydrogens (tertiary/aromatic N) is 1. The number of esters is 4. The lowest BCUT2D eigenvalue weighted by atomic mass is 9.44. The SMILES string of the molecule is COc1ccc(C2O[C@H]3C[C@H]4OC[C@@]4(OC(C)=O)[C@H]4[C@H](OC(=O)c5ccccc5)[C@]5(O)C[C@H](OC(=O)C6OC(c7ccc(OC)cc7)N(C(=O)OCc7ccccc7)[C@H]6CC(C)C)C(C)=C([C@H](OC(C)=O)[C@H](O2)[C@]34C)C5(C)C)cc1. The largest absolute Gasteiger partial charge is 0.497 e. The molecule has 3 saturated heterocycles. The molecule has 18 heteroatoms. The highest BCUT2D eigenvalue weighted by Crippen LogP contribution is 2.68. The predicted octanol–water partition coefficient (Wildman–Crippen LogP) is 8.92. The second-order valence-corrected chi connectivity index (χ2v) is 23.0. The number of aliphatic hydroxyl groups is 1. The van der Waals surface area contributed by atoms with E-state index in [0.717, 1.165) is 5.56 Å². The maximum absolute atomic E-state index is 15.5. The second-order valence-electron chi connectivity index (χ2n) is 23.0. The summed E-state index contributed by atoms with van der Waals surface area (Å²) in [6, 6.07) is 30.7. The molecule has 1 amide bonds. The summed E-state index contributed by atoms with van der Waals surface area (Å²) in [4.78, 5) is 73.9. The van der Waals surface area contributed by atoms with Gasteiger partial charge in [-0.05, 0) is 72.4 Å². The van der Waals surface area contributed by atoms with Crippen molar-refractivity contribution in [2.24, 2.45) is 22.7 Å². The first-order chi connectivity index (χ1) is 38.1. The molecule has 2 saturated carbocycles. The number of hydrogen-bond donors (Lipinski definition) is 1. The number of benzene rings is 4. The van der Waals surface area contributed by atoms with Crippen LogP contribution in [0.15, 0.2) is 120 Å². The van der Waals surface area contributed by atoms with Gasteiger partial charge in [-0.1, -0.05) is 107 Å². The standard InChI is InChI=1S/C62H71NO17/c1-34(2)29-44-49(77-54(39-21-25-42(70-9)26-22-39)63(44)58(68)72-32-38-17-13-11-14-18-38)56(67)75-45-31-62(69)53(78-55(66)40-19-15-12-16-20-40)51-60(8)46(30-47-61(51,33-73-47)80-37(5)65)76-57(41-23-27-43(71-10)28-24-41)79-52(60)50(74-36(4)64)48(35(45)3)59(62,6)7/h11-28,34,44-47,49-54,57,69H,29-33H2,1-10H3/t44-,45-,46-,47+,49?,50-,51-,52-,53-,54?,57?,60+,61-,62+/m0/s1. The third-order valence-corrected chi connectivity index (χ3v) is 17.6. The maximum Gasteiger partial charge on any atom is 0.412 e. The molecule has 3 unspecified atom stereocenters. The molecular formula is C62H71NO17. The van der Waals surface area contributed by atoms with Crippen molar-refractivity contribution < 1.29 is 81.2 Å². The minimum absolute atomic E-state index is 0.0538. The van der Waals surface area contributed by atoms with Gasteiger partial charge in [-0.25, -0.2) is 14.4 Å². The van der Waals surface area contributed by atoms with Crippen LogP contribution in [0.25, 0.3) is 0 Å². The van der Waals surface area contributed by atoms with Crippen molar-refractivity contribution in [2.45, 2.75) is 154 Å². The van der Waals surface area contributed by atoms with E-state index in [0.29, 0.717) is 33.8 Å². The van der Waals surface area contributed by atoms with Crippen molar-refractivity contribution in [1.29, 1.82) is 0 Å². The Morgan fingerprint density at radius 1 is 0.750 bits per heavy atom. The Hall–Kier alpha value is -6.83. The molecule has 0 radical (unpaired) electrons. The molecule has 3 heterocycles. The zero-order chi connectivity index (χ0) is 57.1. The van der Waals surface area contributed by atoms with Crippen molar-refractivity contribution in [1.82, 2.24) is 4.90 Å². The van der Waals surface area contributed by atoms with Gasteiger partial charge in [-0.2, -0.15) is 0 Å². The molecule has 0 aromatic heterocycles. The first-order valence-electron chi connectivity index (χ1n) is 27.3. The second kappa shape index (κ2) is 21.9. The molecule has 3 aliphatic carbocycles. The monoisotopic (exact) mass is 1100 g/mol. The van der Waals surface area contributed by atoms with Crippen LogP contribution >= 0.6 is 0 Å². The lowest BCUT2D eigenvalue weighted by molar-refractivity contribution is -0.413. The van der Waals surface area contributed by atoms with E-state index < -0.39 is 126 Å². The highest BCUT2D eigenvalue weighted by Gasteiger charge is 2.80. The Kier molecular flexibility index (Phi) is 15.5. The van der Waals surface area contributed by atoms with Crippen LogP contribution in [0.4, 0.5) is 4.79 Å². The molecule has 14 atom stereocenters. The summed E-state index contributed by atoms with van der Waals surface area (Å²) in [7, 11) is 3.10. The molecule has 3 aliphatic heterocycles. The normalized spacial score (nSPS) is 32.9. The molecule has 18 nitrogen and oxygen atoms in total. The molecule has 0 spiro atoms. The van der Waals surface area contributed by atoms with Crippen molar-refractivity contribution >= 4 is 30.0 Å². The van der Waals surface area contributed by atoms with Gasteiger partial charge < -0.3 is 57.2 Å². The number of carbonyl (C=O) groups is 5. The average molecular weight is 1100 g/mol. The van der Waals surface area contributed by atoms with Gasteiger partial charge in [-0.3, -0.25) is 14.5 Å². The van der Waals surface area contributed by atoms with E-state index in [1.807, 2.05) is 51.1 Å².